The van der Waals surface area contributed by atoms with Crippen LogP contribution in [0, 0.1) is 6.92 Å². The number of hydrogen-bond donors (Lipinski definition) is 0. The predicted molar refractivity (Wildman–Crippen MR) is 98.7 cm³/mol. The lowest BCUT2D eigenvalue weighted by atomic mass is 10.1. The SMILES string of the molecule is Cc1onc(-c2ccccc2Cl)c1C(=O)N1CCC(Oc2cccnn2)C1. The summed E-state index contributed by atoms with van der Waals surface area (Å²) in [6.07, 6.45) is 2.17. The van der Waals surface area contributed by atoms with E-state index < -0.39 is 0 Å². The van der Waals surface area contributed by atoms with Gasteiger partial charge in [-0.15, -0.1) is 5.10 Å². The first kappa shape index (κ1) is 17.5. The van der Waals surface area contributed by atoms with Crippen molar-refractivity contribution in [1.29, 1.82) is 0 Å². The molecule has 0 radical (unpaired) electrons. The van der Waals surface area contributed by atoms with Gasteiger partial charge in [-0.1, -0.05) is 35.0 Å². The maximum absolute atomic E-state index is 13.1. The van der Waals surface area contributed by atoms with Gasteiger partial charge in [0.25, 0.3) is 5.91 Å². The summed E-state index contributed by atoms with van der Waals surface area (Å²) in [4.78, 5) is 14.9. The number of halogens is 1. The van der Waals surface area contributed by atoms with Crippen molar-refractivity contribution in [2.75, 3.05) is 13.1 Å². The van der Waals surface area contributed by atoms with Gasteiger partial charge in [-0.3, -0.25) is 4.79 Å². The van der Waals surface area contributed by atoms with Gasteiger partial charge in [0, 0.05) is 30.8 Å². The molecule has 7 nitrogen and oxygen atoms in total. The van der Waals surface area contributed by atoms with Gasteiger partial charge < -0.3 is 14.2 Å². The Hall–Kier alpha value is -2.93. The molecule has 27 heavy (non-hydrogen) atoms. The van der Waals surface area contributed by atoms with Gasteiger partial charge in [-0.2, -0.15) is 5.10 Å². The highest BCUT2D eigenvalue weighted by Gasteiger charge is 2.33. The third kappa shape index (κ3) is 3.50. The van der Waals surface area contributed by atoms with Gasteiger partial charge >= 0.3 is 0 Å². The van der Waals surface area contributed by atoms with Gasteiger partial charge in [0.1, 0.15) is 23.1 Å². The molecule has 0 N–H and O–H groups in total. The molecule has 1 aliphatic rings. The number of amides is 1. The van der Waals surface area contributed by atoms with E-state index in [1.807, 2.05) is 18.2 Å². The molecular formula is C19H17ClN4O3. The van der Waals surface area contributed by atoms with E-state index >= 15 is 0 Å². The third-order valence-electron chi connectivity index (χ3n) is 4.47. The molecule has 1 saturated heterocycles. The Bertz CT molecular complexity index is 961. The molecular weight excluding hydrogens is 368 g/mol. The number of carbonyl (C=O) groups excluding carboxylic acids is 1. The number of benzene rings is 1. The molecule has 3 aromatic rings. The molecule has 1 amide bonds. The normalized spacial score (nSPS) is 16.5. The van der Waals surface area contributed by atoms with E-state index in [0.717, 1.165) is 0 Å². The number of rotatable bonds is 4. The Morgan fingerprint density at radius 3 is 2.93 bits per heavy atom. The van der Waals surface area contributed by atoms with Crippen molar-refractivity contribution < 1.29 is 14.1 Å². The summed E-state index contributed by atoms with van der Waals surface area (Å²) in [5.74, 6) is 0.775. The van der Waals surface area contributed by atoms with Crippen LogP contribution in [0.1, 0.15) is 22.5 Å². The highest BCUT2D eigenvalue weighted by molar-refractivity contribution is 6.33. The summed E-state index contributed by atoms with van der Waals surface area (Å²) in [5.41, 5.74) is 1.57. The molecule has 1 aromatic carbocycles. The number of aromatic nitrogens is 3. The highest BCUT2D eigenvalue weighted by atomic mass is 35.5. The van der Waals surface area contributed by atoms with Crippen molar-refractivity contribution >= 4 is 17.5 Å². The Morgan fingerprint density at radius 1 is 1.30 bits per heavy atom. The largest absolute Gasteiger partial charge is 0.471 e. The molecule has 1 unspecified atom stereocenters. The topological polar surface area (TPSA) is 81.4 Å². The second-order valence-electron chi connectivity index (χ2n) is 6.28. The fourth-order valence-electron chi connectivity index (χ4n) is 3.15. The summed E-state index contributed by atoms with van der Waals surface area (Å²) < 4.78 is 11.1. The number of aryl methyl sites for hydroxylation is 1. The first-order valence-electron chi connectivity index (χ1n) is 8.58. The fraction of sp³-hybridized carbons (Fsp3) is 0.263. The molecule has 4 rings (SSSR count). The van der Waals surface area contributed by atoms with Crippen LogP contribution in [-0.4, -0.2) is 45.4 Å². The van der Waals surface area contributed by atoms with E-state index in [2.05, 4.69) is 15.4 Å². The summed E-state index contributed by atoms with van der Waals surface area (Å²) in [6, 6.07) is 10.8. The second-order valence-corrected chi connectivity index (χ2v) is 6.69. The van der Waals surface area contributed by atoms with E-state index in [-0.39, 0.29) is 12.0 Å². The van der Waals surface area contributed by atoms with Gasteiger partial charge in [-0.05, 0) is 19.1 Å². The van der Waals surface area contributed by atoms with Gasteiger partial charge in [0.2, 0.25) is 5.88 Å². The Morgan fingerprint density at radius 2 is 2.15 bits per heavy atom. The molecule has 0 aliphatic carbocycles. The average molecular weight is 385 g/mol. The van der Waals surface area contributed by atoms with Crippen LogP contribution in [-0.2, 0) is 0 Å². The van der Waals surface area contributed by atoms with Crippen LogP contribution in [0.25, 0.3) is 11.3 Å². The summed E-state index contributed by atoms with van der Waals surface area (Å²) >= 11 is 6.28. The van der Waals surface area contributed by atoms with Crippen LogP contribution in [0.3, 0.4) is 0 Å². The number of carbonyl (C=O) groups is 1. The molecule has 0 saturated carbocycles. The van der Waals surface area contributed by atoms with Gasteiger partial charge in [-0.25, -0.2) is 0 Å². The van der Waals surface area contributed by atoms with Crippen molar-refractivity contribution in [3.05, 3.63) is 58.9 Å². The van der Waals surface area contributed by atoms with Crippen molar-refractivity contribution in [3.8, 4) is 17.1 Å². The zero-order chi connectivity index (χ0) is 18.8. The second kappa shape index (κ2) is 7.36. The Labute approximate surface area is 160 Å². The van der Waals surface area contributed by atoms with Gasteiger partial charge in [0.15, 0.2) is 0 Å². The monoisotopic (exact) mass is 384 g/mol. The van der Waals surface area contributed by atoms with Gasteiger partial charge in [0.05, 0.1) is 11.6 Å². The summed E-state index contributed by atoms with van der Waals surface area (Å²) in [5, 5.41) is 12.3. The van der Waals surface area contributed by atoms with Crippen LogP contribution < -0.4 is 4.74 Å². The van der Waals surface area contributed by atoms with Crippen LogP contribution in [0.2, 0.25) is 5.02 Å². The highest BCUT2D eigenvalue weighted by Crippen LogP contribution is 2.32. The molecule has 1 aliphatic heterocycles. The third-order valence-corrected chi connectivity index (χ3v) is 4.80. The molecule has 0 bridgehead atoms. The maximum atomic E-state index is 13.1. The molecule has 0 spiro atoms. The number of likely N-dealkylation sites (tertiary alicyclic amines) is 1. The molecule has 138 valence electrons. The minimum Gasteiger partial charge on any atom is -0.471 e. The number of hydrogen-bond acceptors (Lipinski definition) is 6. The van der Waals surface area contributed by atoms with Crippen molar-refractivity contribution in [2.24, 2.45) is 0 Å². The average Bonchev–Trinajstić information content (AvgIpc) is 3.29. The van der Waals surface area contributed by atoms with E-state index in [4.69, 9.17) is 20.9 Å². The Kier molecular flexibility index (Phi) is 4.77. The Balaban J connectivity index is 1.54. The van der Waals surface area contributed by atoms with E-state index in [1.165, 1.54) is 0 Å². The number of nitrogens with zero attached hydrogens (tertiary/aromatic N) is 4. The zero-order valence-electron chi connectivity index (χ0n) is 14.6. The van der Waals surface area contributed by atoms with Crippen LogP contribution in [0.4, 0.5) is 0 Å². The van der Waals surface area contributed by atoms with Crippen molar-refractivity contribution in [1.82, 2.24) is 20.3 Å². The first-order chi connectivity index (χ1) is 13.1. The minimum absolute atomic E-state index is 0.130. The molecule has 1 atom stereocenters. The lowest BCUT2D eigenvalue weighted by Crippen LogP contribution is -2.31. The first-order valence-corrected chi connectivity index (χ1v) is 8.96. The quantitative estimate of drug-likeness (QED) is 0.685. The zero-order valence-corrected chi connectivity index (χ0v) is 15.4. The van der Waals surface area contributed by atoms with Crippen molar-refractivity contribution in [3.63, 3.8) is 0 Å². The number of ether oxygens (including phenoxy) is 1. The lowest BCUT2D eigenvalue weighted by molar-refractivity contribution is 0.0770. The van der Waals surface area contributed by atoms with Crippen LogP contribution in [0.15, 0.2) is 47.1 Å². The molecule has 8 heteroatoms. The summed E-state index contributed by atoms with van der Waals surface area (Å²) in [6.45, 7) is 2.77. The summed E-state index contributed by atoms with van der Waals surface area (Å²) in [7, 11) is 0. The van der Waals surface area contributed by atoms with Crippen LogP contribution in [0.5, 0.6) is 5.88 Å². The standard InChI is InChI=1S/C19H17ClN4O3/c1-12-17(18(23-27-12)14-5-2-3-6-15(14)20)19(25)24-10-8-13(11-24)26-16-7-4-9-21-22-16/h2-7,9,13H,8,10-11H2,1H3. The predicted octanol–water partition coefficient (Wildman–Crippen LogP) is 3.39. The lowest BCUT2D eigenvalue weighted by Gasteiger charge is -2.17. The van der Waals surface area contributed by atoms with E-state index in [0.29, 0.717) is 53.0 Å². The van der Waals surface area contributed by atoms with Crippen molar-refractivity contribution in [2.45, 2.75) is 19.4 Å². The minimum atomic E-state index is -0.145. The molecule has 3 heterocycles. The molecule has 1 fully saturated rings. The van der Waals surface area contributed by atoms with Crippen LogP contribution >= 0.6 is 11.6 Å². The molecule has 2 aromatic heterocycles. The smallest absolute Gasteiger partial charge is 0.259 e. The maximum Gasteiger partial charge on any atom is 0.259 e. The van der Waals surface area contributed by atoms with E-state index in [1.54, 1.807) is 36.2 Å². The van der Waals surface area contributed by atoms with E-state index in [9.17, 15) is 4.79 Å². The fourth-order valence-corrected chi connectivity index (χ4v) is 3.37.